The van der Waals surface area contributed by atoms with Gasteiger partial charge in [-0.15, -0.1) is 0 Å². The maximum absolute atomic E-state index is 12.1. The van der Waals surface area contributed by atoms with Crippen molar-refractivity contribution < 1.29 is 14.3 Å². The van der Waals surface area contributed by atoms with Gasteiger partial charge in [-0.1, -0.05) is 29.3 Å². The highest BCUT2D eigenvalue weighted by Crippen LogP contribution is 2.32. The van der Waals surface area contributed by atoms with Crippen LogP contribution < -0.4 is 14.8 Å². The van der Waals surface area contributed by atoms with Crippen molar-refractivity contribution in [2.24, 2.45) is 0 Å². The minimum absolute atomic E-state index is 0.113. The molecule has 4 nitrogen and oxygen atoms in total. The predicted octanol–water partition coefficient (Wildman–Crippen LogP) is 4.34. The van der Waals surface area contributed by atoms with Gasteiger partial charge in [-0.3, -0.25) is 4.79 Å². The summed E-state index contributed by atoms with van der Waals surface area (Å²) in [6.07, 6.45) is 0.771. The molecule has 0 radical (unpaired) electrons. The highest BCUT2D eigenvalue weighted by molar-refractivity contribution is 6.36. The van der Waals surface area contributed by atoms with Gasteiger partial charge in [0.05, 0.1) is 0 Å². The Labute approximate surface area is 144 Å². The van der Waals surface area contributed by atoms with Gasteiger partial charge in [-0.25, -0.2) is 0 Å². The Balaban J connectivity index is 1.61. The number of carbonyl (C=O) groups excluding carboxylic acids is 1. The molecule has 1 amide bonds. The largest absolute Gasteiger partial charge is 0.486 e. The first-order valence-corrected chi connectivity index (χ1v) is 8.01. The summed E-state index contributed by atoms with van der Waals surface area (Å²) in [5.41, 5.74) is 1.46. The lowest BCUT2D eigenvalue weighted by Gasteiger charge is -2.19. The van der Waals surface area contributed by atoms with Crippen LogP contribution in [0.3, 0.4) is 0 Å². The Morgan fingerprint density at radius 2 is 1.74 bits per heavy atom. The highest BCUT2D eigenvalue weighted by Gasteiger charge is 2.13. The van der Waals surface area contributed by atoms with E-state index in [4.69, 9.17) is 32.7 Å². The quantitative estimate of drug-likeness (QED) is 0.891. The molecule has 1 aliphatic rings. The Kier molecular flexibility index (Phi) is 4.94. The minimum atomic E-state index is -0.113. The molecule has 2 aromatic carbocycles. The van der Waals surface area contributed by atoms with Gasteiger partial charge >= 0.3 is 0 Å². The maximum Gasteiger partial charge on any atom is 0.224 e. The number of amides is 1. The third kappa shape index (κ3) is 3.89. The summed E-state index contributed by atoms with van der Waals surface area (Å²) >= 11 is 12.2. The van der Waals surface area contributed by atoms with Gasteiger partial charge in [0.1, 0.15) is 13.2 Å². The predicted molar refractivity (Wildman–Crippen MR) is 90.8 cm³/mol. The van der Waals surface area contributed by atoms with E-state index in [0.717, 1.165) is 5.56 Å². The van der Waals surface area contributed by atoms with Crippen molar-refractivity contribution in [3.63, 3.8) is 0 Å². The average Bonchev–Trinajstić information content (AvgIpc) is 2.54. The zero-order valence-electron chi connectivity index (χ0n) is 12.3. The Morgan fingerprint density at radius 3 is 2.48 bits per heavy atom. The standard InChI is InChI=1S/C17H15Cl2NO3/c18-13-2-1-3-14(19)12(13)5-7-17(21)20-11-4-6-15-16(10-11)23-9-8-22-15/h1-4,6,10H,5,7-9H2,(H,20,21). The molecule has 1 aliphatic heterocycles. The summed E-state index contributed by atoms with van der Waals surface area (Å²) in [5.74, 6) is 1.22. The molecule has 2 aromatic rings. The van der Waals surface area contributed by atoms with E-state index in [1.807, 2.05) is 0 Å². The van der Waals surface area contributed by atoms with Gasteiger partial charge in [0.2, 0.25) is 5.91 Å². The van der Waals surface area contributed by atoms with E-state index < -0.39 is 0 Å². The Hall–Kier alpha value is -1.91. The van der Waals surface area contributed by atoms with Crippen molar-refractivity contribution >= 4 is 34.8 Å². The van der Waals surface area contributed by atoms with Crippen molar-refractivity contribution in [2.45, 2.75) is 12.8 Å². The van der Waals surface area contributed by atoms with Crippen LogP contribution in [0, 0.1) is 0 Å². The number of nitrogens with one attached hydrogen (secondary N) is 1. The molecule has 120 valence electrons. The van der Waals surface area contributed by atoms with Crippen LogP contribution in [0.4, 0.5) is 5.69 Å². The number of ether oxygens (including phenoxy) is 2. The van der Waals surface area contributed by atoms with E-state index in [-0.39, 0.29) is 12.3 Å². The molecular weight excluding hydrogens is 337 g/mol. The second kappa shape index (κ2) is 7.11. The smallest absolute Gasteiger partial charge is 0.224 e. The van der Waals surface area contributed by atoms with Gasteiger partial charge < -0.3 is 14.8 Å². The van der Waals surface area contributed by atoms with E-state index in [9.17, 15) is 4.79 Å². The molecule has 6 heteroatoms. The third-order valence-corrected chi connectivity index (χ3v) is 4.20. The molecule has 0 saturated heterocycles. The minimum Gasteiger partial charge on any atom is -0.486 e. The molecule has 0 saturated carbocycles. The van der Waals surface area contributed by atoms with Crippen molar-refractivity contribution in [3.8, 4) is 11.5 Å². The Bertz CT molecular complexity index is 714. The molecule has 1 heterocycles. The lowest BCUT2D eigenvalue weighted by atomic mass is 10.1. The van der Waals surface area contributed by atoms with Gasteiger partial charge in [-0.05, 0) is 36.2 Å². The maximum atomic E-state index is 12.1. The summed E-state index contributed by atoms with van der Waals surface area (Å²) in [6, 6.07) is 10.6. The monoisotopic (exact) mass is 351 g/mol. The molecule has 3 rings (SSSR count). The van der Waals surface area contributed by atoms with Crippen molar-refractivity contribution in [2.75, 3.05) is 18.5 Å². The Morgan fingerprint density at radius 1 is 1.04 bits per heavy atom. The molecule has 0 bridgehead atoms. The molecule has 0 unspecified atom stereocenters. The van der Waals surface area contributed by atoms with Crippen LogP contribution >= 0.6 is 23.2 Å². The molecule has 0 aromatic heterocycles. The second-order valence-corrected chi connectivity index (χ2v) is 5.92. The number of halogens is 2. The van der Waals surface area contributed by atoms with Gasteiger partial charge in [0.15, 0.2) is 11.5 Å². The fourth-order valence-corrected chi connectivity index (χ4v) is 2.94. The number of benzene rings is 2. The van der Waals surface area contributed by atoms with Crippen molar-refractivity contribution in [3.05, 3.63) is 52.0 Å². The normalized spacial score (nSPS) is 12.8. The topological polar surface area (TPSA) is 47.6 Å². The van der Waals surface area contributed by atoms with Gasteiger partial charge in [0, 0.05) is 28.2 Å². The first-order chi connectivity index (χ1) is 11.1. The third-order valence-electron chi connectivity index (χ3n) is 3.49. The molecule has 0 atom stereocenters. The number of carbonyl (C=O) groups is 1. The fourth-order valence-electron chi connectivity index (χ4n) is 2.35. The zero-order valence-corrected chi connectivity index (χ0v) is 13.8. The fraction of sp³-hybridized carbons (Fsp3) is 0.235. The van der Waals surface area contributed by atoms with E-state index in [1.165, 1.54) is 0 Å². The molecule has 23 heavy (non-hydrogen) atoms. The van der Waals surface area contributed by atoms with E-state index in [1.54, 1.807) is 36.4 Å². The first kappa shape index (κ1) is 16.0. The number of hydrogen-bond acceptors (Lipinski definition) is 3. The van der Waals surface area contributed by atoms with Crippen molar-refractivity contribution in [1.82, 2.24) is 0 Å². The summed E-state index contributed by atoms with van der Waals surface area (Å²) < 4.78 is 10.9. The van der Waals surface area contributed by atoms with Crippen molar-refractivity contribution in [1.29, 1.82) is 0 Å². The highest BCUT2D eigenvalue weighted by atomic mass is 35.5. The molecular formula is C17H15Cl2NO3. The van der Waals surface area contributed by atoms with Crippen LogP contribution in [-0.2, 0) is 11.2 Å². The molecule has 0 aliphatic carbocycles. The first-order valence-electron chi connectivity index (χ1n) is 7.26. The van der Waals surface area contributed by atoms with Crippen LogP contribution in [-0.4, -0.2) is 19.1 Å². The average molecular weight is 352 g/mol. The molecule has 0 spiro atoms. The van der Waals surface area contributed by atoms with Gasteiger partial charge in [-0.2, -0.15) is 0 Å². The number of hydrogen-bond donors (Lipinski definition) is 1. The van der Waals surface area contributed by atoms with Crippen LogP contribution in [0.2, 0.25) is 10.0 Å². The van der Waals surface area contributed by atoms with Crippen LogP contribution in [0.5, 0.6) is 11.5 Å². The summed E-state index contributed by atoms with van der Waals surface area (Å²) in [4.78, 5) is 12.1. The van der Waals surface area contributed by atoms with E-state index in [0.29, 0.717) is 46.9 Å². The van der Waals surface area contributed by atoms with Gasteiger partial charge in [0.25, 0.3) is 0 Å². The molecule has 0 fully saturated rings. The lowest BCUT2D eigenvalue weighted by Crippen LogP contribution is -2.16. The summed E-state index contributed by atoms with van der Waals surface area (Å²) in [7, 11) is 0. The van der Waals surface area contributed by atoms with Crippen LogP contribution in [0.1, 0.15) is 12.0 Å². The van der Waals surface area contributed by atoms with Crippen LogP contribution in [0.15, 0.2) is 36.4 Å². The van der Waals surface area contributed by atoms with E-state index in [2.05, 4.69) is 5.32 Å². The second-order valence-electron chi connectivity index (χ2n) is 5.11. The SMILES string of the molecule is O=C(CCc1c(Cl)cccc1Cl)Nc1ccc2c(c1)OCCO2. The van der Waals surface area contributed by atoms with Crippen LogP contribution in [0.25, 0.3) is 0 Å². The number of fused-ring (bicyclic) bond motifs is 1. The number of rotatable bonds is 4. The van der Waals surface area contributed by atoms with E-state index >= 15 is 0 Å². The number of anilines is 1. The summed E-state index contributed by atoms with van der Waals surface area (Å²) in [6.45, 7) is 1.05. The lowest BCUT2D eigenvalue weighted by molar-refractivity contribution is -0.116. The molecule has 1 N–H and O–H groups in total. The summed E-state index contributed by atoms with van der Waals surface area (Å²) in [5, 5.41) is 3.99. The zero-order chi connectivity index (χ0) is 16.2.